The van der Waals surface area contributed by atoms with E-state index in [1.807, 2.05) is 24.3 Å². The van der Waals surface area contributed by atoms with Crippen LogP contribution in [-0.4, -0.2) is 29.0 Å². The van der Waals surface area contributed by atoms with Gasteiger partial charge in [0.15, 0.2) is 17.6 Å². The lowest BCUT2D eigenvalue weighted by molar-refractivity contribution is -0.122. The Balaban J connectivity index is 1.41. The van der Waals surface area contributed by atoms with Crippen LogP contribution in [0.2, 0.25) is 0 Å². The molecule has 0 aliphatic carbocycles. The number of hydrogen-bond acceptors (Lipinski definition) is 6. The first kappa shape index (κ1) is 20.8. The van der Waals surface area contributed by atoms with Crippen LogP contribution in [0.4, 0.5) is 5.69 Å². The van der Waals surface area contributed by atoms with Crippen molar-refractivity contribution in [1.82, 2.24) is 10.2 Å². The summed E-state index contributed by atoms with van der Waals surface area (Å²) in [6.07, 6.45) is -0.792. The lowest BCUT2D eigenvalue weighted by Gasteiger charge is -2.16. The molecule has 0 saturated carbocycles. The standard InChI is InChI=1S/C26H23N3O4/c1-15-8-9-16(2)21(12-15)24-19-6-4-5-7-20(19)26(29-28-24)33-17(3)25(30)27-18-10-11-22-23(13-18)32-14-31-22/h4-13,17H,14H2,1-3H3,(H,27,30)/t17-/m0/s1. The molecule has 1 aliphatic heterocycles. The molecule has 2 heterocycles. The van der Waals surface area contributed by atoms with E-state index < -0.39 is 6.10 Å². The van der Waals surface area contributed by atoms with E-state index in [0.29, 0.717) is 23.1 Å². The van der Waals surface area contributed by atoms with E-state index in [1.165, 1.54) is 0 Å². The van der Waals surface area contributed by atoms with E-state index in [-0.39, 0.29) is 12.7 Å². The summed E-state index contributed by atoms with van der Waals surface area (Å²) in [5, 5.41) is 13.4. The summed E-state index contributed by atoms with van der Waals surface area (Å²) in [5.74, 6) is 1.26. The van der Waals surface area contributed by atoms with Crippen molar-refractivity contribution in [3.05, 3.63) is 71.8 Å². The number of nitrogens with zero attached hydrogens (tertiary/aromatic N) is 2. The summed E-state index contributed by atoms with van der Waals surface area (Å²) in [4.78, 5) is 12.8. The van der Waals surface area contributed by atoms with Crippen LogP contribution in [0.1, 0.15) is 18.1 Å². The zero-order valence-corrected chi connectivity index (χ0v) is 18.6. The summed E-state index contributed by atoms with van der Waals surface area (Å²) < 4.78 is 16.6. The van der Waals surface area contributed by atoms with Crippen LogP contribution >= 0.6 is 0 Å². The van der Waals surface area contributed by atoms with Gasteiger partial charge in [-0.15, -0.1) is 10.2 Å². The topological polar surface area (TPSA) is 82.6 Å². The molecule has 0 radical (unpaired) electrons. The summed E-state index contributed by atoms with van der Waals surface area (Å²) in [7, 11) is 0. The normalized spacial score (nSPS) is 13.1. The molecule has 4 aromatic rings. The third kappa shape index (κ3) is 4.05. The fourth-order valence-electron chi connectivity index (χ4n) is 3.80. The van der Waals surface area contributed by atoms with Gasteiger partial charge in [-0.05, 0) is 50.6 Å². The molecule has 1 aromatic heterocycles. The molecule has 0 bridgehead atoms. The molecule has 1 amide bonds. The molecule has 1 atom stereocenters. The summed E-state index contributed by atoms with van der Waals surface area (Å²) >= 11 is 0. The van der Waals surface area contributed by atoms with Crippen molar-refractivity contribution in [3.63, 3.8) is 0 Å². The summed E-state index contributed by atoms with van der Waals surface area (Å²) in [6, 6.07) is 19.3. The molecule has 0 unspecified atom stereocenters. The highest BCUT2D eigenvalue weighted by Gasteiger charge is 2.21. The van der Waals surface area contributed by atoms with Crippen molar-refractivity contribution in [1.29, 1.82) is 0 Å². The number of rotatable bonds is 5. The highest BCUT2D eigenvalue weighted by Crippen LogP contribution is 2.35. The Hall–Kier alpha value is -4.13. The van der Waals surface area contributed by atoms with Crippen LogP contribution < -0.4 is 19.5 Å². The van der Waals surface area contributed by atoms with Crippen LogP contribution in [0.5, 0.6) is 17.4 Å². The van der Waals surface area contributed by atoms with Crippen LogP contribution in [0.3, 0.4) is 0 Å². The van der Waals surface area contributed by atoms with Crippen molar-refractivity contribution < 1.29 is 19.0 Å². The fourth-order valence-corrected chi connectivity index (χ4v) is 3.80. The molecular formula is C26H23N3O4. The minimum atomic E-state index is -0.792. The number of carbonyl (C=O) groups excluding carboxylic acids is 1. The van der Waals surface area contributed by atoms with E-state index in [9.17, 15) is 4.79 Å². The number of nitrogens with one attached hydrogen (secondary N) is 1. The molecule has 3 aromatic carbocycles. The zero-order valence-electron chi connectivity index (χ0n) is 18.6. The third-order valence-corrected chi connectivity index (χ3v) is 5.60. The van der Waals surface area contributed by atoms with Crippen LogP contribution in [0.25, 0.3) is 22.0 Å². The lowest BCUT2D eigenvalue weighted by Crippen LogP contribution is -2.30. The average Bonchev–Trinajstić information content (AvgIpc) is 3.29. The maximum atomic E-state index is 12.8. The Kier molecular flexibility index (Phi) is 5.30. The van der Waals surface area contributed by atoms with Gasteiger partial charge in [0.2, 0.25) is 12.7 Å². The number of hydrogen-bond donors (Lipinski definition) is 1. The van der Waals surface area contributed by atoms with E-state index in [4.69, 9.17) is 14.2 Å². The SMILES string of the molecule is Cc1ccc(C)c(-c2nnc(O[C@@H](C)C(=O)Nc3ccc4c(c3)OCO4)c3ccccc23)c1. The highest BCUT2D eigenvalue weighted by molar-refractivity contribution is 5.98. The quantitative estimate of drug-likeness (QED) is 0.467. The monoisotopic (exact) mass is 441 g/mol. The van der Waals surface area contributed by atoms with Gasteiger partial charge >= 0.3 is 0 Å². The number of aromatic nitrogens is 2. The van der Waals surface area contributed by atoms with E-state index >= 15 is 0 Å². The van der Waals surface area contributed by atoms with Crippen LogP contribution in [-0.2, 0) is 4.79 Å². The molecule has 1 aliphatic rings. The maximum Gasteiger partial charge on any atom is 0.265 e. The molecule has 0 spiro atoms. The van der Waals surface area contributed by atoms with E-state index in [1.54, 1.807) is 25.1 Å². The van der Waals surface area contributed by atoms with Gasteiger partial charge < -0.3 is 19.5 Å². The molecule has 7 heteroatoms. The molecule has 0 saturated heterocycles. The first-order valence-electron chi connectivity index (χ1n) is 10.7. The average molecular weight is 441 g/mol. The second-order valence-corrected chi connectivity index (χ2v) is 8.04. The van der Waals surface area contributed by atoms with Crippen molar-refractivity contribution in [2.24, 2.45) is 0 Å². The van der Waals surface area contributed by atoms with Gasteiger partial charge in [-0.1, -0.05) is 35.9 Å². The van der Waals surface area contributed by atoms with Gasteiger partial charge in [0, 0.05) is 28.1 Å². The van der Waals surface area contributed by atoms with Crippen molar-refractivity contribution >= 4 is 22.4 Å². The summed E-state index contributed by atoms with van der Waals surface area (Å²) in [6.45, 7) is 5.96. The predicted octanol–water partition coefficient (Wildman–Crippen LogP) is 5.05. The molecule has 33 heavy (non-hydrogen) atoms. The minimum Gasteiger partial charge on any atom is -0.463 e. The second-order valence-electron chi connectivity index (χ2n) is 8.04. The molecule has 1 N–H and O–H groups in total. The van der Waals surface area contributed by atoms with E-state index in [0.717, 1.165) is 33.2 Å². The first-order chi connectivity index (χ1) is 16.0. The number of ether oxygens (including phenoxy) is 3. The Morgan fingerprint density at radius 2 is 1.76 bits per heavy atom. The molecular weight excluding hydrogens is 418 g/mol. The summed E-state index contributed by atoms with van der Waals surface area (Å²) in [5.41, 5.74) is 4.68. The highest BCUT2D eigenvalue weighted by atomic mass is 16.7. The minimum absolute atomic E-state index is 0.177. The number of amides is 1. The Morgan fingerprint density at radius 1 is 0.970 bits per heavy atom. The van der Waals surface area contributed by atoms with E-state index in [2.05, 4.69) is 47.6 Å². The van der Waals surface area contributed by atoms with Crippen molar-refractivity contribution in [2.45, 2.75) is 26.9 Å². The lowest BCUT2D eigenvalue weighted by atomic mass is 9.99. The van der Waals surface area contributed by atoms with Crippen molar-refractivity contribution in [2.75, 3.05) is 12.1 Å². The largest absolute Gasteiger partial charge is 0.463 e. The smallest absolute Gasteiger partial charge is 0.265 e. The number of anilines is 1. The van der Waals surface area contributed by atoms with Crippen LogP contribution in [0, 0.1) is 13.8 Å². The zero-order chi connectivity index (χ0) is 22.9. The number of carbonyl (C=O) groups is 1. The fraction of sp³-hybridized carbons (Fsp3) is 0.192. The Bertz CT molecular complexity index is 1370. The molecule has 0 fully saturated rings. The van der Waals surface area contributed by atoms with Gasteiger partial charge in [0.05, 0.1) is 0 Å². The van der Waals surface area contributed by atoms with Gasteiger partial charge in [0.1, 0.15) is 5.69 Å². The number of fused-ring (bicyclic) bond motifs is 2. The van der Waals surface area contributed by atoms with Gasteiger partial charge in [0.25, 0.3) is 5.91 Å². The van der Waals surface area contributed by atoms with Gasteiger partial charge in [-0.2, -0.15) is 0 Å². The first-order valence-corrected chi connectivity index (χ1v) is 10.7. The third-order valence-electron chi connectivity index (χ3n) is 5.60. The van der Waals surface area contributed by atoms with Gasteiger partial charge in [-0.3, -0.25) is 4.79 Å². The van der Waals surface area contributed by atoms with Crippen molar-refractivity contribution in [3.8, 4) is 28.6 Å². The second kappa shape index (κ2) is 8.43. The number of aryl methyl sites for hydroxylation is 2. The number of benzene rings is 3. The molecule has 166 valence electrons. The Morgan fingerprint density at radius 3 is 2.61 bits per heavy atom. The predicted molar refractivity (Wildman–Crippen MR) is 126 cm³/mol. The van der Waals surface area contributed by atoms with Gasteiger partial charge in [-0.25, -0.2) is 0 Å². The molecule has 5 rings (SSSR count). The maximum absolute atomic E-state index is 12.8. The molecule has 7 nitrogen and oxygen atoms in total. The Labute approximate surface area is 191 Å². The van der Waals surface area contributed by atoms with Crippen LogP contribution in [0.15, 0.2) is 60.7 Å².